The lowest BCUT2D eigenvalue weighted by Crippen LogP contribution is -2.24. The van der Waals surface area contributed by atoms with Gasteiger partial charge in [-0.15, -0.1) is 0 Å². The van der Waals surface area contributed by atoms with Gasteiger partial charge in [0.15, 0.2) is 18.1 Å². The summed E-state index contributed by atoms with van der Waals surface area (Å²) < 4.78 is 17.6. The number of hydrogen-bond donors (Lipinski definition) is 1. The van der Waals surface area contributed by atoms with Crippen molar-refractivity contribution in [1.82, 2.24) is 5.43 Å². The van der Waals surface area contributed by atoms with Crippen molar-refractivity contribution in [2.24, 2.45) is 5.10 Å². The van der Waals surface area contributed by atoms with Crippen LogP contribution in [0.1, 0.15) is 22.3 Å². The standard InChI is InChI=1S/C25H24BrClN2O4/c1-16-9-20(10-17(2)24(16)27)32-15-23(30)29-28-13-19-11-21(26)25(22(12-19)31-3)33-14-18-7-5-4-6-8-18/h4-13H,14-15H2,1-3H3,(H,29,30)/b28-13+. The Bertz CT molecular complexity index is 1130. The van der Waals surface area contributed by atoms with E-state index in [9.17, 15) is 4.79 Å². The first-order valence-electron chi connectivity index (χ1n) is 10.1. The summed E-state index contributed by atoms with van der Waals surface area (Å²) in [5.74, 6) is 1.33. The Morgan fingerprint density at radius 2 is 1.79 bits per heavy atom. The third-order valence-corrected chi connectivity index (χ3v) is 5.85. The topological polar surface area (TPSA) is 69.2 Å². The van der Waals surface area contributed by atoms with E-state index in [0.29, 0.717) is 33.4 Å². The maximum absolute atomic E-state index is 12.1. The highest BCUT2D eigenvalue weighted by atomic mass is 79.9. The Balaban J connectivity index is 1.57. The second kappa shape index (κ2) is 11.7. The predicted octanol–water partition coefficient (Wildman–Crippen LogP) is 5.84. The number of nitrogens with zero attached hydrogens (tertiary/aromatic N) is 1. The molecular weight excluding hydrogens is 508 g/mol. The molecule has 0 aliphatic rings. The lowest BCUT2D eigenvalue weighted by Gasteiger charge is -2.13. The van der Waals surface area contributed by atoms with Gasteiger partial charge in [0, 0.05) is 5.02 Å². The molecule has 0 saturated carbocycles. The van der Waals surface area contributed by atoms with Gasteiger partial charge in [0.2, 0.25) is 0 Å². The Labute approximate surface area is 206 Å². The summed E-state index contributed by atoms with van der Waals surface area (Å²) in [7, 11) is 1.57. The molecule has 0 atom stereocenters. The Kier molecular flexibility index (Phi) is 8.74. The lowest BCUT2D eigenvalue weighted by molar-refractivity contribution is -0.123. The van der Waals surface area contributed by atoms with Crippen LogP contribution < -0.4 is 19.6 Å². The van der Waals surface area contributed by atoms with Crippen LogP contribution in [-0.4, -0.2) is 25.8 Å². The summed E-state index contributed by atoms with van der Waals surface area (Å²) in [5.41, 5.74) is 6.00. The summed E-state index contributed by atoms with van der Waals surface area (Å²) in [6.45, 7) is 4.01. The normalized spacial score (nSPS) is 10.8. The van der Waals surface area contributed by atoms with Gasteiger partial charge in [-0.3, -0.25) is 4.79 Å². The first-order valence-corrected chi connectivity index (χ1v) is 11.3. The van der Waals surface area contributed by atoms with Crippen molar-refractivity contribution in [1.29, 1.82) is 0 Å². The fraction of sp³-hybridized carbons (Fsp3) is 0.200. The number of methoxy groups -OCH3 is 1. The van der Waals surface area contributed by atoms with Gasteiger partial charge in [-0.05, 0) is 76.3 Å². The molecule has 0 aromatic heterocycles. The second-order valence-corrected chi connectivity index (χ2v) is 8.49. The highest BCUT2D eigenvalue weighted by molar-refractivity contribution is 9.10. The molecule has 8 heteroatoms. The summed E-state index contributed by atoms with van der Waals surface area (Å²) in [6.07, 6.45) is 1.52. The summed E-state index contributed by atoms with van der Waals surface area (Å²) >= 11 is 9.67. The van der Waals surface area contributed by atoms with E-state index in [1.54, 1.807) is 25.3 Å². The van der Waals surface area contributed by atoms with Gasteiger partial charge in [0.1, 0.15) is 12.4 Å². The zero-order valence-electron chi connectivity index (χ0n) is 18.5. The van der Waals surface area contributed by atoms with E-state index in [1.165, 1.54) is 6.21 Å². The van der Waals surface area contributed by atoms with Crippen LogP contribution in [-0.2, 0) is 11.4 Å². The number of benzene rings is 3. The average Bonchev–Trinajstić information content (AvgIpc) is 2.80. The molecule has 6 nitrogen and oxygen atoms in total. The van der Waals surface area contributed by atoms with Gasteiger partial charge in [-0.2, -0.15) is 5.10 Å². The van der Waals surface area contributed by atoms with E-state index >= 15 is 0 Å². The molecule has 0 radical (unpaired) electrons. The van der Waals surface area contributed by atoms with Gasteiger partial charge < -0.3 is 14.2 Å². The fourth-order valence-corrected chi connectivity index (χ4v) is 3.72. The number of rotatable bonds is 9. The molecule has 0 bridgehead atoms. The molecule has 0 aliphatic heterocycles. The zero-order valence-corrected chi connectivity index (χ0v) is 20.9. The molecule has 3 rings (SSSR count). The maximum atomic E-state index is 12.1. The van der Waals surface area contributed by atoms with Gasteiger partial charge >= 0.3 is 0 Å². The molecule has 0 unspecified atom stereocenters. The molecule has 0 spiro atoms. The van der Waals surface area contributed by atoms with Gasteiger partial charge in [-0.1, -0.05) is 41.9 Å². The summed E-state index contributed by atoms with van der Waals surface area (Å²) in [4.78, 5) is 12.1. The zero-order chi connectivity index (χ0) is 23.8. The molecule has 3 aromatic rings. The van der Waals surface area contributed by atoms with Crippen LogP contribution in [0.4, 0.5) is 0 Å². The quantitative estimate of drug-likeness (QED) is 0.278. The molecular formula is C25H24BrClN2O4. The molecule has 1 N–H and O–H groups in total. The number of carbonyl (C=O) groups is 1. The molecule has 0 aliphatic carbocycles. The highest BCUT2D eigenvalue weighted by Gasteiger charge is 2.12. The fourth-order valence-electron chi connectivity index (χ4n) is 3.03. The smallest absolute Gasteiger partial charge is 0.277 e. The first kappa shape index (κ1) is 24.6. The lowest BCUT2D eigenvalue weighted by atomic mass is 10.1. The van der Waals surface area contributed by atoms with Gasteiger partial charge in [0.25, 0.3) is 5.91 Å². The van der Waals surface area contributed by atoms with Crippen molar-refractivity contribution >= 4 is 39.7 Å². The number of carbonyl (C=O) groups excluding carboxylic acids is 1. The van der Waals surface area contributed by atoms with Crippen LogP contribution in [0.2, 0.25) is 5.02 Å². The van der Waals surface area contributed by atoms with E-state index in [1.807, 2.05) is 50.2 Å². The van der Waals surface area contributed by atoms with Crippen molar-refractivity contribution in [2.75, 3.05) is 13.7 Å². The molecule has 33 heavy (non-hydrogen) atoms. The molecule has 0 heterocycles. The van der Waals surface area contributed by atoms with Crippen LogP contribution in [0.25, 0.3) is 0 Å². The van der Waals surface area contributed by atoms with Crippen LogP contribution in [0.3, 0.4) is 0 Å². The molecule has 1 amide bonds. The van der Waals surface area contributed by atoms with E-state index in [4.69, 9.17) is 25.8 Å². The van der Waals surface area contributed by atoms with Crippen molar-refractivity contribution in [3.8, 4) is 17.2 Å². The third-order valence-electron chi connectivity index (χ3n) is 4.66. The highest BCUT2D eigenvalue weighted by Crippen LogP contribution is 2.36. The van der Waals surface area contributed by atoms with Gasteiger partial charge in [-0.25, -0.2) is 5.43 Å². The molecule has 172 valence electrons. The Hall–Kier alpha value is -3.03. The van der Waals surface area contributed by atoms with Crippen LogP contribution in [0, 0.1) is 13.8 Å². The van der Waals surface area contributed by atoms with Crippen LogP contribution >= 0.6 is 27.5 Å². The Morgan fingerprint density at radius 3 is 2.45 bits per heavy atom. The second-order valence-electron chi connectivity index (χ2n) is 7.26. The van der Waals surface area contributed by atoms with Crippen LogP contribution in [0.5, 0.6) is 17.2 Å². The minimum absolute atomic E-state index is 0.170. The maximum Gasteiger partial charge on any atom is 0.277 e. The molecule has 3 aromatic carbocycles. The van der Waals surface area contributed by atoms with Crippen LogP contribution in [0.15, 0.2) is 64.2 Å². The van der Waals surface area contributed by atoms with E-state index < -0.39 is 0 Å². The number of halogens is 2. The van der Waals surface area contributed by atoms with E-state index in [0.717, 1.165) is 22.3 Å². The van der Waals surface area contributed by atoms with Crippen molar-refractivity contribution in [3.63, 3.8) is 0 Å². The SMILES string of the molecule is COc1cc(/C=N/NC(=O)COc2cc(C)c(Cl)c(C)c2)cc(Br)c1OCc1ccccc1. The summed E-state index contributed by atoms with van der Waals surface area (Å²) in [5, 5.41) is 4.69. The minimum Gasteiger partial charge on any atom is -0.493 e. The predicted molar refractivity (Wildman–Crippen MR) is 134 cm³/mol. The number of hydrogen-bond acceptors (Lipinski definition) is 5. The number of hydrazone groups is 1. The monoisotopic (exact) mass is 530 g/mol. The molecule has 0 fully saturated rings. The minimum atomic E-state index is -0.384. The number of ether oxygens (including phenoxy) is 3. The number of amides is 1. The summed E-state index contributed by atoms with van der Waals surface area (Å²) in [6, 6.07) is 17.0. The number of nitrogens with one attached hydrogen (secondary N) is 1. The third kappa shape index (κ3) is 6.97. The largest absolute Gasteiger partial charge is 0.493 e. The Morgan fingerprint density at radius 1 is 1.09 bits per heavy atom. The van der Waals surface area contributed by atoms with Crippen molar-refractivity contribution in [3.05, 3.63) is 86.3 Å². The van der Waals surface area contributed by atoms with E-state index in [2.05, 4.69) is 26.5 Å². The van der Waals surface area contributed by atoms with Gasteiger partial charge in [0.05, 0.1) is 17.8 Å². The molecule has 0 saturated heterocycles. The first-order chi connectivity index (χ1) is 15.9. The number of aryl methyl sites for hydroxylation is 2. The van der Waals surface area contributed by atoms with Crippen molar-refractivity contribution in [2.45, 2.75) is 20.5 Å². The van der Waals surface area contributed by atoms with Crippen molar-refractivity contribution < 1.29 is 19.0 Å². The average molecular weight is 532 g/mol. The van der Waals surface area contributed by atoms with E-state index in [-0.39, 0.29) is 12.5 Å².